The highest BCUT2D eigenvalue weighted by atomic mass is 16.3. The van der Waals surface area contributed by atoms with E-state index in [0.29, 0.717) is 5.92 Å². The van der Waals surface area contributed by atoms with Gasteiger partial charge in [-0.1, -0.05) is 12.1 Å². The molecule has 1 aliphatic carbocycles. The molecule has 0 spiro atoms. The fraction of sp³-hybridized carbons (Fsp3) is 0.474. The molecule has 0 bridgehead atoms. The Morgan fingerprint density at radius 1 is 1.22 bits per heavy atom. The zero-order valence-electron chi connectivity index (χ0n) is 13.5. The second-order valence-corrected chi connectivity index (χ2v) is 7.07. The molecule has 0 unspecified atom stereocenters. The zero-order chi connectivity index (χ0) is 15.9. The predicted octanol–water partition coefficient (Wildman–Crippen LogP) is 2.51. The minimum absolute atomic E-state index is 0.279. The molecule has 0 radical (unpaired) electrons. The van der Waals surface area contributed by atoms with Crippen molar-refractivity contribution in [1.29, 1.82) is 0 Å². The van der Waals surface area contributed by atoms with Crippen molar-refractivity contribution >= 4 is 0 Å². The standard InChI is InChI=1S/C19H23N3O/c1-14-5-6-18(21-10-14)19(23)8-7-15-11-22(13-17(15)19)12-16-4-2-3-9-20-16/h2-6,9-10,15,17,23H,7-8,11-13H2,1H3/t15-,17+,19-/m0/s1. The highest BCUT2D eigenvalue weighted by Gasteiger charge is 2.53. The van der Waals surface area contributed by atoms with E-state index >= 15 is 0 Å². The zero-order valence-corrected chi connectivity index (χ0v) is 13.5. The van der Waals surface area contributed by atoms with Crippen molar-refractivity contribution in [2.75, 3.05) is 13.1 Å². The Balaban J connectivity index is 1.52. The number of pyridine rings is 2. The summed E-state index contributed by atoms with van der Waals surface area (Å²) in [4.78, 5) is 11.4. The first-order valence-corrected chi connectivity index (χ1v) is 8.43. The van der Waals surface area contributed by atoms with Gasteiger partial charge < -0.3 is 5.11 Å². The van der Waals surface area contributed by atoms with Crippen molar-refractivity contribution in [3.05, 3.63) is 59.7 Å². The lowest BCUT2D eigenvalue weighted by Crippen LogP contribution is -2.35. The third-order valence-corrected chi connectivity index (χ3v) is 5.49. The number of hydrogen-bond acceptors (Lipinski definition) is 4. The van der Waals surface area contributed by atoms with E-state index in [4.69, 9.17) is 0 Å². The molecule has 2 aliphatic rings. The summed E-state index contributed by atoms with van der Waals surface area (Å²) < 4.78 is 0. The van der Waals surface area contributed by atoms with Crippen LogP contribution in [0.2, 0.25) is 0 Å². The Morgan fingerprint density at radius 2 is 2.13 bits per heavy atom. The van der Waals surface area contributed by atoms with Crippen molar-refractivity contribution in [3.8, 4) is 0 Å². The maximum Gasteiger partial charge on any atom is 0.111 e. The van der Waals surface area contributed by atoms with E-state index in [-0.39, 0.29) is 5.92 Å². The molecule has 2 aromatic heterocycles. The van der Waals surface area contributed by atoms with Gasteiger partial charge in [-0.2, -0.15) is 0 Å². The maximum absolute atomic E-state index is 11.3. The van der Waals surface area contributed by atoms with Gasteiger partial charge in [0.05, 0.1) is 11.4 Å². The first kappa shape index (κ1) is 14.8. The van der Waals surface area contributed by atoms with Crippen LogP contribution in [0.5, 0.6) is 0 Å². The molecule has 1 saturated heterocycles. The largest absolute Gasteiger partial charge is 0.383 e. The van der Waals surface area contributed by atoms with E-state index in [1.807, 2.05) is 43.6 Å². The summed E-state index contributed by atoms with van der Waals surface area (Å²) in [7, 11) is 0. The van der Waals surface area contributed by atoms with Crippen molar-refractivity contribution in [2.45, 2.75) is 31.9 Å². The van der Waals surface area contributed by atoms with Gasteiger partial charge in [0.1, 0.15) is 5.60 Å². The van der Waals surface area contributed by atoms with Crippen LogP contribution in [0.3, 0.4) is 0 Å². The SMILES string of the molecule is Cc1ccc([C@]2(O)CC[C@H]3CN(Cc4ccccn4)C[C@H]32)nc1. The van der Waals surface area contributed by atoms with Crippen LogP contribution in [0.4, 0.5) is 0 Å². The molecule has 23 heavy (non-hydrogen) atoms. The average molecular weight is 309 g/mol. The van der Waals surface area contributed by atoms with E-state index in [1.165, 1.54) is 0 Å². The average Bonchev–Trinajstić information content (AvgIpc) is 3.10. The van der Waals surface area contributed by atoms with Crippen molar-refractivity contribution in [3.63, 3.8) is 0 Å². The molecule has 3 heterocycles. The fourth-order valence-electron chi connectivity index (χ4n) is 4.28. The molecule has 2 aromatic rings. The lowest BCUT2D eigenvalue weighted by molar-refractivity contribution is -0.0109. The van der Waals surface area contributed by atoms with Gasteiger partial charge in [0.15, 0.2) is 0 Å². The highest BCUT2D eigenvalue weighted by molar-refractivity contribution is 5.22. The molecule has 120 valence electrons. The van der Waals surface area contributed by atoms with Gasteiger partial charge in [-0.3, -0.25) is 14.9 Å². The van der Waals surface area contributed by atoms with Gasteiger partial charge in [-0.25, -0.2) is 0 Å². The smallest absolute Gasteiger partial charge is 0.111 e. The molecule has 4 nitrogen and oxygen atoms in total. The number of likely N-dealkylation sites (tertiary alicyclic amines) is 1. The molecule has 0 aromatic carbocycles. The molecule has 0 amide bonds. The van der Waals surface area contributed by atoms with Gasteiger partial charge in [0.2, 0.25) is 0 Å². The summed E-state index contributed by atoms with van der Waals surface area (Å²) in [5, 5.41) is 11.3. The molecular weight excluding hydrogens is 286 g/mol. The number of aromatic nitrogens is 2. The van der Waals surface area contributed by atoms with Crippen LogP contribution in [0.1, 0.15) is 29.8 Å². The van der Waals surface area contributed by atoms with E-state index in [9.17, 15) is 5.11 Å². The minimum atomic E-state index is -0.767. The number of aliphatic hydroxyl groups is 1. The molecular formula is C19H23N3O. The topological polar surface area (TPSA) is 49.2 Å². The number of nitrogens with zero attached hydrogens (tertiary/aromatic N) is 3. The Kier molecular flexibility index (Phi) is 3.66. The first-order chi connectivity index (χ1) is 11.1. The molecule has 1 saturated carbocycles. The van der Waals surface area contributed by atoms with Gasteiger partial charge in [-0.05, 0) is 49.4 Å². The van der Waals surface area contributed by atoms with Crippen molar-refractivity contribution in [2.24, 2.45) is 11.8 Å². The Hall–Kier alpha value is -1.78. The van der Waals surface area contributed by atoms with Crippen LogP contribution >= 0.6 is 0 Å². The van der Waals surface area contributed by atoms with Gasteiger partial charge in [0, 0.05) is 37.9 Å². The van der Waals surface area contributed by atoms with Crippen molar-refractivity contribution in [1.82, 2.24) is 14.9 Å². The normalized spacial score (nSPS) is 30.5. The summed E-state index contributed by atoms with van der Waals surface area (Å²) >= 11 is 0. The van der Waals surface area contributed by atoms with E-state index in [2.05, 4.69) is 20.9 Å². The number of aryl methyl sites for hydroxylation is 1. The van der Waals surface area contributed by atoms with Crippen LogP contribution in [0, 0.1) is 18.8 Å². The molecule has 2 fully saturated rings. The van der Waals surface area contributed by atoms with Crippen molar-refractivity contribution < 1.29 is 5.11 Å². The lowest BCUT2D eigenvalue weighted by Gasteiger charge is -2.29. The third-order valence-electron chi connectivity index (χ3n) is 5.49. The molecule has 1 aliphatic heterocycles. The quantitative estimate of drug-likeness (QED) is 0.946. The lowest BCUT2D eigenvalue weighted by atomic mass is 9.85. The minimum Gasteiger partial charge on any atom is -0.383 e. The summed E-state index contributed by atoms with van der Waals surface area (Å²) in [6, 6.07) is 10.1. The monoisotopic (exact) mass is 309 g/mol. The Bertz CT molecular complexity index is 673. The second kappa shape index (κ2) is 5.69. The summed E-state index contributed by atoms with van der Waals surface area (Å²) in [5.41, 5.74) is 2.31. The van der Waals surface area contributed by atoms with Crippen LogP contribution in [-0.4, -0.2) is 33.1 Å². The van der Waals surface area contributed by atoms with E-state index in [0.717, 1.165) is 49.4 Å². The summed E-state index contributed by atoms with van der Waals surface area (Å²) in [5.74, 6) is 0.841. The highest BCUT2D eigenvalue weighted by Crippen LogP contribution is 2.50. The number of hydrogen-bond donors (Lipinski definition) is 1. The predicted molar refractivity (Wildman–Crippen MR) is 88.6 cm³/mol. The molecule has 1 N–H and O–H groups in total. The number of rotatable bonds is 3. The summed E-state index contributed by atoms with van der Waals surface area (Å²) in [6.45, 7) is 4.87. The number of fused-ring (bicyclic) bond motifs is 1. The van der Waals surface area contributed by atoms with Crippen LogP contribution in [0.15, 0.2) is 42.7 Å². The Morgan fingerprint density at radius 3 is 2.87 bits per heavy atom. The molecule has 4 rings (SSSR count). The third kappa shape index (κ3) is 2.66. The second-order valence-electron chi connectivity index (χ2n) is 7.07. The van der Waals surface area contributed by atoms with Gasteiger partial charge in [0.25, 0.3) is 0 Å². The van der Waals surface area contributed by atoms with Crippen LogP contribution in [0.25, 0.3) is 0 Å². The van der Waals surface area contributed by atoms with Gasteiger partial charge in [-0.15, -0.1) is 0 Å². The summed E-state index contributed by atoms with van der Waals surface area (Å²) in [6.07, 6.45) is 5.62. The van der Waals surface area contributed by atoms with Crippen LogP contribution in [-0.2, 0) is 12.1 Å². The molecule has 4 heteroatoms. The maximum atomic E-state index is 11.3. The van der Waals surface area contributed by atoms with Crippen LogP contribution < -0.4 is 0 Å². The first-order valence-electron chi connectivity index (χ1n) is 8.43. The van der Waals surface area contributed by atoms with Gasteiger partial charge >= 0.3 is 0 Å². The van der Waals surface area contributed by atoms with E-state index in [1.54, 1.807) is 0 Å². The molecule has 3 atom stereocenters. The Labute approximate surface area is 137 Å². The van der Waals surface area contributed by atoms with E-state index < -0.39 is 5.60 Å². The fourth-order valence-corrected chi connectivity index (χ4v) is 4.28.